The normalized spacial score (nSPS) is 27.9. The van der Waals surface area contributed by atoms with Crippen LogP contribution in [0.15, 0.2) is 10.6 Å². The zero-order valence-corrected chi connectivity index (χ0v) is 10.1. The third-order valence-corrected chi connectivity index (χ3v) is 3.70. The van der Waals surface area contributed by atoms with Crippen LogP contribution in [0.25, 0.3) is 0 Å². The summed E-state index contributed by atoms with van der Waals surface area (Å²) in [5.41, 5.74) is 1.16. The summed E-state index contributed by atoms with van der Waals surface area (Å²) < 4.78 is 5.20. The van der Waals surface area contributed by atoms with Crippen molar-refractivity contribution < 1.29 is 4.52 Å². The van der Waals surface area contributed by atoms with Crippen molar-refractivity contribution in [1.82, 2.24) is 5.16 Å². The maximum absolute atomic E-state index is 5.20. The molecule has 0 saturated heterocycles. The summed E-state index contributed by atoms with van der Waals surface area (Å²) in [6.07, 6.45) is 5.22. The lowest BCUT2D eigenvalue weighted by Crippen LogP contribution is -2.10. The minimum absolute atomic E-state index is 0.641. The lowest BCUT2D eigenvalue weighted by atomic mass is 9.81. The van der Waals surface area contributed by atoms with Gasteiger partial charge in [-0.3, -0.25) is 0 Å². The predicted molar refractivity (Wildman–Crippen MR) is 59.5 cm³/mol. The molecule has 0 atom stereocenters. The predicted octanol–water partition coefficient (Wildman–Crippen LogP) is 3.86. The van der Waals surface area contributed by atoms with Crippen LogP contribution in [0.2, 0.25) is 0 Å². The van der Waals surface area contributed by atoms with E-state index in [0.717, 1.165) is 22.7 Å². The molecule has 0 radical (unpaired) electrons. The van der Waals surface area contributed by atoms with E-state index in [0.29, 0.717) is 5.92 Å². The molecule has 1 saturated carbocycles. The Morgan fingerprint density at radius 3 is 2.71 bits per heavy atom. The van der Waals surface area contributed by atoms with E-state index >= 15 is 0 Å². The third-order valence-electron chi connectivity index (χ3n) is 3.14. The van der Waals surface area contributed by atoms with Crippen LogP contribution >= 0.6 is 15.9 Å². The molecule has 0 N–H and O–H groups in total. The van der Waals surface area contributed by atoms with Crippen LogP contribution in [0.5, 0.6) is 0 Å². The zero-order valence-electron chi connectivity index (χ0n) is 8.50. The molecule has 1 aliphatic rings. The van der Waals surface area contributed by atoms with E-state index in [1.54, 1.807) is 0 Å². The molecule has 0 aliphatic heterocycles. The average molecular weight is 258 g/mol. The van der Waals surface area contributed by atoms with Crippen LogP contribution in [0.1, 0.15) is 50.0 Å². The number of hydrogen-bond acceptors (Lipinski definition) is 2. The number of nitrogens with zero attached hydrogens (tertiary/aromatic N) is 1. The third kappa shape index (κ3) is 2.19. The SMILES string of the molecule is CC1CCC(c2cc(CBr)on2)CC1. The van der Waals surface area contributed by atoms with Gasteiger partial charge in [-0.15, -0.1) is 0 Å². The molecule has 0 amide bonds. The second kappa shape index (κ2) is 4.47. The van der Waals surface area contributed by atoms with E-state index < -0.39 is 0 Å². The van der Waals surface area contributed by atoms with E-state index in [-0.39, 0.29) is 0 Å². The highest BCUT2D eigenvalue weighted by atomic mass is 79.9. The Labute approximate surface area is 93.2 Å². The molecule has 2 rings (SSSR count). The average Bonchev–Trinajstić information content (AvgIpc) is 2.67. The van der Waals surface area contributed by atoms with Crippen LogP contribution in [-0.4, -0.2) is 5.16 Å². The Balaban J connectivity index is 2.01. The molecule has 14 heavy (non-hydrogen) atoms. The lowest BCUT2D eigenvalue weighted by Gasteiger charge is -2.24. The van der Waals surface area contributed by atoms with Gasteiger partial charge in [0.15, 0.2) is 0 Å². The molecule has 1 aromatic rings. The summed E-state index contributed by atoms with van der Waals surface area (Å²) in [5.74, 6) is 2.48. The summed E-state index contributed by atoms with van der Waals surface area (Å²) in [6, 6.07) is 2.09. The molecule has 78 valence electrons. The first-order valence-electron chi connectivity index (χ1n) is 5.31. The van der Waals surface area contributed by atoms with Crippen LogP contribution in [0.3, 0.4) is 0 Å². The number of halogens is 1. The maximum Gasteiger partial charge on any atom is 0.147 e. The highest BCUT2D eigenvalue weighted by molar-refractivity contribution is 9.08. The van der Waals surface area contributed by atoms with Gasteiger partial charge >= 0.3 is 0 Å². The molecule has 0 unspecified atom stereocenters. The van der Waals surface area contributed by atoms with Gasteiger partial charge in [0.2, 0.25) is 0 Å². The van der Waals surface area contributed by atoms with Crippen LogP contribution < -0.4 is 0 Å². The van der Waals surface area contributed by atoms with E-state index in [2.05, 4.69) is 34.1 Å². The summed E-state index contributed by atoms with van der Waals surface area (Å²) in [7, 11) is 0. The Hall–Kier alpha value is -0.310. The van der Waals surface area contributed by atoms with Gasteiger partial charge < -0.3 is 4.52 Å². The summed E-state index contributed by atoms with van der Waals surface area (Å²) in [5, 5.41) is 4.90. The van der Waals surface area contributed by atoms with Gasteiger partial charge in [0.25, 0.3) is 0 Å². The van der Waals surface area contributed by atoms with Crippen LogP contribution in [0, 0.1) is 5.92 Å². The summed E-state index contributed by atoms with van der Waals surface area (Å²) >= 11 is 3.37. The maximum atomic E-state index is 5.20. The van der Waals surface area contributed by atoms with Gasteiger partial charge in [0.1, 0.15) is 5.76 Å². The van der Waals surface area contributed by atoms with Crippen molar-refractivity contribution in [2.45, 2.75) is 43.9 Å². The topological polar surface area (TPSA) is 26.0 Å². The molecule has 0 bridgehead atoms. The standard InChI is InChI=1S/C11H16BrNO/c1-8-2-4-9(5-3-8)11-6-10(7-12)14-13-11/h6,8-9H,2-5,7H2,1H3. The Morgan fingerprint density at radius 1 is 1.43 bits per heavy atom. The van der Waals surface area contributed by atoms with Crippen molar-refractivity contribution in [1.29, 1.82) is 0 Å². The van der Waals surface area contributed by atoms with Crippen LogP contribution in [0.4, 0.5) is 0 Å². The van der Waals surface area contributed by atoms with Gasteiger partial charge in [-0.25, -0.2) is 0 Å². The van der Waals surface area contributed by atoms with Gasteiger partial charge in [-0.2, -0.15) is 0 Å². The quantitative estimate of drug-likeness (QED) is 0.753. The number of aromatic nitrogens is 1. The zero-order chi connectivity index (χ0) is 9.97. The Bertz CT molecular complexity index is 289. The molecule has 1 fully saturated rings. The van der Waals surface area contributed by atoms with E-state index in [1.165, 1.54) is 25.7 Å². The second-order valence-corrected chi connectivity index (χ2v) is 4.87. The minimum Gasteiger partial charge on any atom is -0.360 e. The van der Waals surface area contributed by atoms with Crippen molar-refractivity contribution in [2.24, 2.45) is 5.92 Å². The minimum atomic E-state index is 0.641. The molecule has 0 aromatic carbocycles. The van der Waals surface area contributed by atoms with E-state index in [4.69, 9.17) is 4.52 Å². The van der Waals surface area contributed by atoms with Crippen molar-refractivity contribution in [3.8, 4) is 0 Å². The monoisotopic (exact) mass is 257 g/mol. The molecule has 0 spiro atoms. The Morgan fingerprint density at radius 2 is 2.14 bits per heavy atom. The fraction of sp³-hybridized carbons (Fsp3) is 0.727. The summed E-state index contributed by atoms with van der Waals surface area (Å²) in [4.78, 5) is 0. The van der Waals surface area contributed by atoms with Crippen molar-refractivity contribution in [3.63, 3.8) is 0 Å². The van der Waals surface area contributed by atoms with Crippen molar-refractivity contribution in [2.75, 3.05) is 0 Å². The Kier molecular flexibility index (Phi) is 3.26. The smallest absolute Gasteiger partial charge is 0.147 e. The molecule has 1 aromatic heterocycles. The largest absolute Gasteiger partial charge is 0.360 e. The number of hydrogen-bond donors (Lipinski definition) is 0. The molecule has 2 nitrogen and oxygen atoms in total. The molecular weight excluding hydrogens is 242 g/mol. The van der Waals surface area contributed by atoms with Gasteiger partial charge in [-0.05, 0) is 18.8 Å². The lowest BCUT2D eigenvalue weighted by molar-refractivity contribution is 0.326. The summed E-state index contributed by atoms with van der Waals surface area (Å²) in [6.45, 7) is 2.34. The number of alkyl halides is 1. The van der Waals surface area contributed by atoms with Gasteiger partial charge in [0.05, 0.1) is 11.0 Å². The first-order chi connectivity index (χ1) is 6.79. The van der Waals surface area contributed by atoms with Crippen LogP contribution in [-0.2, 0) is 5.33 Å². The first kappa shape index (κ1) is 10.2. The molecule has 3 heteroatoms. The molecular formula is C11H16BrNO. The van der Waals surface area contributed by atoms with Gasteiger partial charge in [-0.1, -0.05) is 40.9 Å². The second-order valence-electron chi connectivity index (χ2n) is 4.31. The highest BCUT2D eigenvalue weighted by Crippen LogP contribution is 2.35. The fourth-order valence-corrected chi connectivity index (χ4v) is 2.40. The van der Waals surface area contributed by atoms with E-state index in [1.807, 2.05) is 0 Å². The number of rotatable bonds is 2. The molecule has 1 heterocycles. The molecule has 1 aliphatic carbocycles. The van der Waals surface area contributed by atoms with E-state index in [9.17, 15) is 0 Å². The van der Waals surface area contributed by atoms with Crippen molar-refractivity contribution in [3.05, 3.63) is 17.5 Å². The highest BCUT2D eigenvalue weighted by Gasteiger charge is 2.22. The fourth-order valence-electron chi connectivity index (χ4n) is 2.14. The first-order valence-corrected chi connectivity index (χ1v) is 6.43. The van der Waals surface area contributed by atoms with Gasteiger partial charge in [0, 0.05) is 12.0 Å². The van der Waals surface area contributed by atoms with Crippen molar-refractivity contribution >= 4 is 15.9 Å².